The van der Waals surface area contributed by atoms with E-state index in [0.717, 1.165) is 16.6 Å². The number of hydrogen-bond donors (Lipinski definition) is 1. The molecule has 0 saturated heterocycles. The maximum absolute atomic E-state index is 9.49. The van der Waals surface area contributed by atoms with E-state index in [0.29, 0.717) is 32.8 Å². The van der Waals surface area contributed by atoms with Crippen LogP contribution >= 0.6 is 23.2 Å². The molecule has 0 bridgehead atoms. The zero-order chi connectivity index (χ0) is 17.3. The van der Waals surface area contributed by atoms with E-state index in [4.69, 9.17) is 27.9 Å². The Morgan fingerprint density at radius 1 is 1.25 bits per heavy atom. The van der Waals surface area contributed by atoms with Crippen LogP contribution in [0.1, 0.15) is 17.0 Å². The molecule has 1 aromatic heterocycles. The van der Waals surface area contributed by atoms with Gasteiger partial charge in [0.2, 0.25) is 0 Å². The highest BCUT2D eigenvalue weighted by Gasteiger charge is 2.11. The predicted octanol–water partition coefficient (Wildman–Crippen LogP) is 5.25. The number of methoxy groups -OCH3 is 1. The van der Waals surface area contributed by atoms with Crippen molar-refractivity contribution < 1.29 is 4.74 Å². The number of hydrogen-bond acceptors (Lipinski definition) is 3. The van der Waals surface area contributed by atoms with Gasteiger partial charge in [-0.05, 0) is 48.4 Å². The normalized spacial score (nSPS) is 11.5. The molecule has 4 nitrogen and oxygen atoms in total. The number of halogens is 2. The van der Waals surface area contributed by atoms with Crippen LogP contribution in [0.15, 0.2) is 30.3 Å². The average Bonchev–Trinajstić information content (AvgIpc) is 2.95. The van der Waals surface area contributed by atoms with E-state index >= 15 is 0 Å². The maximum Gasteiger partial charge on any atom is 0.156 e. The van der Waals surface area contributed by atoms with Gasteiger partial charge in [0.25, 0.3) is 0 Å². The molecule has 0 aliphatic heterocycles. The molecule has 0 aliphatic carbocycles. The largest absolute Gasteiger partial charge is 0.494 e. The van der Waals surface area contributed by atoms with Crippen molar-refractivity contribution in [2.75, 3.05) is 7.11 Å². The summed E-state index contributed by atoms with van der Waals surface area (Å²) < 4.78 is 5.13. The molecule has 0 saturated carbocycles. The standard InChI is InChI=1S/C18H13Cl2N3O/c1-10-3-4-15-16(5-10)23-18(22-15)12(9-21)6-11-7-13(19)17(24-2)14(20)8-11/h3-8H,1-2H3,(H,22,23)/b12-6-. The van der Waals surface area contributed by atoms with Crippen molar-refractivity contribution in [3.8, 4) is 11.8 Å². The van der Waals surface area contributed by atoms with Crippen molar-refractivity contribution in [1.82, 2.24) is 9.97 Å². The van der Waals surface area contributed by atoms with Crippen LogP contribution in [0.5, 0.6) is 5.75 Å². The third-order valence-corrected chi connectivity index (χ3v) is 4.11. The number of nitrogens with one attached hydrogen (secondary N) is 1. The Morgan fingerprint density at radius 2 is 1.96 bits per heavy atom. The number of nitrogens with zero attached hydrogens (tertiary/aromatic N) is 2. The first-order valence-electron chi connectivity index (χ1n) is 7.13. The summed E-state index contributed by atoms with van der Waals surface area (Å²) in [4.78, 5) is 7.63. The van der Waals surface area contributed by atoms with E-state index in [2.05, 4.69) is 16.0 Å². The van der Waals surface area contributed by atoms with Gasteiger partial charge in [-0.2, -0.15) is 5.26 Å². The zero-order valence-electron chi connectivity index (χ0n) is 13.0. The summed E-state index contributed by atoms with van der Waals surface area (Å²) in [6.07, 6.45) is 1.68. The van der Waals surface area contributed by atoms with Crippen LogP contribution < -0.4 is 4.74 Å². The number of rotatable bonds is 3. The lowest BCUT2D eigenvalue weighted by Gasteiger charge is -2.06. The fourth-order valence-corrected chi connectivity index (χ4v) is 3.09. The van der Waals surface area contributed by atoms with Crippen LogP contribution in [0.25, 0.3) is 22.7 Å². The van der Waals surface area contributed by atoms with Gasteiger partial charge in [0.1, 0.15) is 11.9 Å². The number of nitriles is 1. The topological polar surface area (TPSA) is 61.7 Å². The number of ether oxygens (including phenoxy) is 1. The lowest BCUT2D eigenvalue weighted by atomic mass is 10.1. The minimum absolute atomic E-state index is 0.383. The highest BCUT2D eigenvalue weighted by molar-refractivity contribution is 6.37. The molecule has 3 rings (SSSR count). The third kappa shape index (κ3) is 3.09. The number of imidazole rings is 1. The minimum atomic E-state index is 0.383. The Balaban J connectivity index is 2.07. The summed E-state index contributed by atoms with van der Waals surface area (Å²) in [7, 11) is 1.50. The molecule has 120 valence electrons. The molecular weight excluding hydrogens is 345 g/mol. The first kappa shape index (κ1) is 16.4. The average molecular weight is 358 g/mol. The molecule has 0 spiro atoms. The Bertz CT molecular complexity index is 976. The molecule has 2 aromatic carbocycles. The summed E-state index contributed by atoms with van der Waals surface area (Å²) >= 11 is 12.3. The van der Waals surface area contributed by atoms with Crippen LogP contribution in [-0.2, 0) is 0 Å². The molecule has 6 heteroatoms. The molecule has 0 amide bonds. The van der Waals surface area contributed by atoms with Crippen LogP contribution in [0, 0.1) is 18.3 Å². The van der Waals surface area contributed by atoms with Crippen LogP contribution in [0.2, 0.25) is 10.0 Å². The number of benzene rings is 2. The van der Waals surface area contributed by atoms with Gasteiger partial charge in [0, 0.05) is 0 Å². The molecule has 0 aliphatic rings. The fraction of sp³-hybridized carbons (Fsp3) is 0.111. The van der Waals surface area contributed by atoms with Crippen molar-refractivity contribution in [3.63, 3.8) is 0 Å². The third-order valence-electron chi connectivity index (χ3n) is 3.55. The molecule has 0 fully saturated rings. The Labute approximate surface area is 149 Å². The van der Waals surface area contributed by atoms with Gasteiger partial charge in [-0.15, -0.1) is 0 Å². The van der Waals surface area contributed by atoms with E-state index in [1.807, 2.05) is 25.1 Å². The summed E-state index contributed by atoms with van der Waals surface area (Å²) in [5.74, 6) is 0.911. The van der Waals surface area contributed by atoms with Gasteiger partial charge < -0.3 is 9.72 Å². The fourth-order valence-electron chi connectivity index (χ4n) is 2.43. The monoisotopic (exact) mass is 357 g/mol. The quantitative estimate of drug-likeness (QED) is 0.651. The molecule has 0 radical (unpaired) electrons. The van der Waals surface area contributed by atoms with E-state index in [9.17, 15) is 5.26 Å². The van der Waals surface area contributed by atoms with Crippen molar-refractivity contribution in [2.45, 2.75) is 6.92 Å². The predicted molar refractivity (Wildman–Crippen MR) is 97.3 cm³/mol. The van der Waals surface area contributed by atoms with Gasteiger partial charge in [-0.1, -0.05) is 29.3 Å². The second-order valence-corrected chi connectivity index (χ2v) is 6.11. The van der Waals surface area contributed by atoms with E-state index in [-0.39, 0.29) is 0 Å². The summed E-state index contributed by atoms with van der Waals surface area (Å²) in [5, 5.41) is 10.3. The second kappa shape index (κ2) is 6.56. The Kier molecular flexibility index (Phi) is 4.48. The van der Waals surface area contributed by atoms with E-state index in [1.165, 1.54) is 7.11 Å². The first-order valence-corrected chi connectivity index (χ1v) is 7.89. The lowest BCUT2D eigenvalue weighted by molar-refractivity contribution is 0.415. The molecule has 1 heterocycles. The van der Waals surface area contributed by atoms with E-state index in [1.54, 1.807) is 18.2 Å². The van der Waals surface area contributed by atoms with Gasteiger partial charge in [0.05, 0.1) is 33.8 Å². The first-order chi connectivity index (χ1) is 11.5. The number of aromatic nitrogens is 2. The lowest BCUT2D eigenvalue weighted by Crippen LogP contribution is -1.88. The minimum Gasteiger partial charge on any atom is -0.494 e. The molecule has 0 unspecified atom stereocenters. The molecule has 24 heavy (non-hydrogen) atoms. The molecule has 0 atom stereocenters. The van der Waals surface area contributed by atoms with Crippen molar-refractivity contribution in [1.29, 1.82) is 5.26 Å². The smallest absolute Gasteiger partial charge is 0.156 e. The highest BCUT2D eigenvalue weighted by atomic mass is 35.5. The summed E-state index contributed by atoms with van der Waals surface area (Å²) in [6.45, 7) is 2.00. The van der Waals surface area contributed by atoms with Crippen LogP contribution in [0.3, 0.4) is 0 Å². The molecule has 1 N–H and O–H groups in total. The summed E-state index contributed by atoms with van der Waals surface area (Å²) in [6, 6.07) is 11.4. The SMILES string of the molecule is COc1c(Cl)cc(/C=C(/C#N)c2nc3ccc(C)cc3[nH]2)cc1Cl. The number of H-pyrrole nitrogens is 1. The number of aryl methyl sites for hydroxylation is 1. The summed E-state index contributed by atoms with van der Waals surface area (Å²) in [5.41, 5.74) is 3.90. The van der Waals surface area contributed by atoms with Gasteiger partial charge >= 0.3 is 0 Å². The second-order valence-electron chi connectivity index (χ2n) is 5.29. The van der Waals surface area contributed by atoms with Gasteiger partial charge in [-0.25, -0.2) is 4.98 Å². The van der Waals surface area contributed by atoms with Crippen molar-refractivity contribution in [2.24, 2.45) is 0 Å². The molecular formula is C18H13Cl2N3O. The maximum atomic E-state index is 9.49. The van der Waals surface area contributed by atoms with Crippen molar-refractivity contribution >= 4 is 45.9 Å². The van der Waals surface area contributed by atoms with Gasteiger partial charge in [-0.3, -0.25) is 0 Å². The zero-order valence-corrected chi connectivity index (χ0v) is 14.5. The number of fused-ring (bicyclic) bond motifs is 1. The number of allylic oxidation sites excluding steroid dienone is 1. The van der Waals surface area contributed by atoms with Crippen LogP contribution in [0.4, 0.5) is 0 Å². The van der Waals surface area contributed by atoms with Crippen LogP contribution in [-0.4, -0.2) is 17.1 Å². The van der Waals surface area contributed by atoms with Crippen molar-refractivity contribution in [3.05, 3.63) is 57.3 Å². The number of aromatic amines is 1. The van der Waals surface area contributed by atoms with Gasteiger partial charge in [0.15, 0.2) is 5.75 Å². The highest BCUT2D eigenvalue weighted by Crippen LogP contribution is 2.34. The Hall–Kier alpha value is -2.48. The molecule has 3 aromatic rings. The Morgan fingerprint density at radius 3 is 2.58 bits per heavy atom. The van der Waals surface area contributed by atoms with E-state index < -0.39 is 0 Å².